The zero-order valence-electron chi connectivity index (χ0n) is 22.6. The van der Waals surface area contributed by atoms with Gasteiger partial charge in [-0.1, -0.05) is 28.3 Å². The van der Waals surface area contributed by atoms with Crippen LogP contribution in [-0.2, 0) is 24.0 Å². The van der Waals surface area contributed by atoms with Crippen LogP contribution in [0.4, 0.5) is 9.93 Å². The first kappa shape index (κ1) is 31.4. The van der Waals surface area contributed by atoms with E-state index in [1.165, 1.54) is 39.8 Å². The van der Waals surface area contributed by atoms with Crippen LogP contribution in [0.1, 0.15) is 33.0 Å². The molecule has 0 aliphatic carbocycles. The number of amides is 3. The summed E-state index contributed by atoms with van der Waals surface area (Å²) >= 11 is 4.85. The van der Waals surface area contributed by atoms with Gasteiger partial charge in [-0.05, 0) is 26.3 Å². The molecule has 4 heterocycles. The average Bonchev–Trinajstić information content (AvgIpc) is 3.60. The number of aliphatic carboxylic acids is 1. The van der Waals surface area contributed by atoms with E-state index in [2.05, 4.69) is 35.3 Å². The number of alkyl carbamates (subject to hydrolysis) is 1. The van der Waals surface area contributed by atoms with Gasteiger partial charge in [0.15, 0.2) is 9.47 Å². The molecular formula is C22H27N9O7S4. The standard InChI is InChI=1S/C22H27N9O7S4/c1-22(2,3)38-20(36)24-5-4-6-37-29-11(14-27-19(23)42-30-14)15(32)26-12-16(33)31-13(18(34)35)10(7-39-17(12)31)8-40-21-28-25-9-41-21/h9,12,17H,4-8H2,1-3H3,(H,24,36)(H,26,32)(H,34,35)(H2,23,27,30)/b29-11+. The number of oxime groups is 1. The number of thioether (sulfide) groups is 2. The molecule has 2 aliphatic heterocycles. The fourth-order valence-electron chi connectivity index (χ4n) is 3.65. The van der Waals surface area contributed by atoms with Crippen molar-refractivity contribution in [1.82, 2.24) is 35.1 Å². The van der Waals surface area contributed by atoms with Gasteiger partial charge in [0.05, 0.1) is 0 Å². The van der Waals surface area contributed by atoms with E-state index < -0.39 is 40.9 Å². The van der Waals surface area contributed by atoms with E-state index in [0.29, 0.717) is 27.8 Å². The van der Waals surface area contributed by atoms with Crippen molar-refractivity contribution in [2.45, 2.75) is 48.5 Å². The lowest BCUT2D eigenvalue weighted by molar-refractivity contribution is -0.150. The maximum absolute atomic E-state index is 13.2. The van der Waals surface area contributed by atoms with Crippen LogP contribution in [0.2, 0.25) is 0 Å². The van der Waals surface area contributed by atoms with Crippen molar-refractivity contribution in [3.05, 3.63) is 22.6 Å². The number of nitrogen functional groups attached to an aromatic ring is 1. The number of nitrogens with zero attached hydrogens (tertiary/aromatic N) is 6. The highest BCUT2D eigenvalue weighted by Gasteiger charge is 2.54. The third-order valence-corrected chi connectivity index (χ3v) is 9.18. The molecule has 0 aromatic carbocycles. The lowest BCUT2D eigenvalue weighted by Crippen LogP contribution is -2.71. The molecule has 5 N–H and O–H groups in total. The summed E-state index contributed by atoms with van der Waals surface area (Å²) in [5, 5.41) is 26.1. The van der Waals surface area contributed by atoms with Crippen molar-refractivity contribution in [1.29, 1.82) is 0 Å². The van der Waals surface area contributed by atoms with Gasteiger partial charge in [0, 0.05) is 36.0 Å². The number of carboxylic acids is 1. The number of hydrogen-bond donors (Lipinski definition) is 4. The third-order valence-electron chi connectivity index (χ3n) is 5.35. The summed E-state index contributed by atoms with van der Waals surface area (Å²) < 4.78 is 9.85. The first-order valence-electron chi connectivity index (χ1n) is 12.3. The topological polar surface area (TPSA) is 224 Å². The molecular weight excluding hydrogens is 631 g/mol. The molecule has 0 spiro atoms. The second kappa shape index (κ2) is 13.7. The van der Waals surface area contributed by atoms with Crippen LogP contribution in [0.15, 0.2) is 26.3 Å². The summed E-state index contributed by atoms with van der Waals surface area (Å²) in [7, 11) is 0. The Morgan fingerprint density at radius 1 is 1.33 bits per heavy atom. The van der Waals surface area contributed by atoms with Crippen LogP contribution in [0.3, 0.4) is 0 Å². The summed E-state index contributed by atoms with van der Waals surface area (Å²) in [6, 6.07) is -1.01. The maximum atomic E-state index is 13.2. The Labute approximate surface area is 256 Å². The first-order chi connectivity index (χ1) is 19.9. The Morgan fingerprint density at radius 2 is 2.12 bits per heavy atom. The van der Waals surface area contributed by atoms with Gasteiger partial charge in [0.2, 0.25) is 11.5 Å². The zero-order valence-corrected chi connectivity index (χ0v) is 25.8. The van der Waals surface area contributed by atoms with Crippen LogP contribution in [-0.4, -0.2) is 101 Å². The molecule has 0 radical (unpaired) electrons. The van der Waals surface area contributed by atoms with Crippen LogP contribution in [0.5, 0.6) is 0 Å². The minimum atomic E-state index is -1.23. The summed E-state index contributed by atoms with van der Waals surface area (Å²) in [4.78, 5) is 60.6. The fraction of sp³-hybridized carbons (Fsp3) is 0.500. The van der Waals surface area contributed by atoms with Crippen LogP contribution < -0.4 is 16.4 Å². The van der Waals surface area contributed by atoms with Crippen molar-refractivity contribution < 1.29 is 33.9 Å². The second-order valence-electron chi connectivity index (χ2n) is 9.62. The van der Waals surface area contributed by atoms with Gasteiger partial charge in [0.1, 0.15) is 34.8 Å². The van der Waals surface area contributed by atoms with E-state index in [0.717, 1.165) is 11.5 Å². The Hall–Kier alpha value is -3.49. The minimum Gasteiger partial charge on any atom is -0.477 e. The predicted molar refractivity (Wildman–Crippen MR) is 156 cm³/mol. The van der Waals surface area contributed by atoms with Crippen molar-refractivity contribution in [3.8, 4) is 0 Å². The highest BCUT2D eigenvalue weighted by Crippen LogP contribution is 2.41. The number of nitrogens with one attached hydrogen (secondary N) is 2. The minimum absolute atomic E-state index is 0.0332. The summed E-state index contributed by atoms with van der Waals surface area (Å²) in [6.45, 7) is 5.52. The molecule has 2 atom stereocenters. The molecule has 16 nitrogen and oxygen atoms in total. The smallest absolute Gasteiger partial charge is 0.407 e. The van der Waals surface area contributed by atoms with E-state index in [9.17, 15) is 24.3 Å². The molecule has 2 unspecified atom stereocenters. The molecule has 3 amide bonds. The van der Waals surface area contributed by atoms with Gasteiger partial charge in [-0.15, -0.1) is 22.0 Å². The fourth-order valence-corrected chi connectivity index (χ4v) is 7.05. The number of carbonyl (C=O) groups is 4. The number of anilines is 1. The number of β-lactam (4-membered cyclic amide) rings is 1. The highest BCUT2D eigenvalue weighted by atomic mass is 32.2. The highest BCUT2D eigenvalue weighted by molar-refractivity contribution is 8.01. The lowest BCUT2D eigenvalue weighted by Gasteiger charge is -2.49. The quantitative estimate of drug-likeness (QED) is 0.0826. The third kappa shape index (κ3) is 7.86. The van der Waals surface area contributed by atoms with Crippen LogP contribution in [0.25, 0.3) is 0 Å². The molecule has 2 aromatic rings. The second-order valence-corrected chi connectivity index (χ2v) is 13.6. The number of carboxylic acid groups (broad SMARTS) is 1. The van der Waals surface area contributed by atoms with E-state index >= 15 is 0 Å². The zero-order chi connectivity index (χ0) is 30.4. The number of carbonyl (C=O) groups excluding carboxylic acids is 3. The monoisotopic (exact) mass is 657 g/mol. The van der Waals surface area contributed by atoms with Crippen molar-refractivity contribution in [3.63, 3.8) is 0 Å². The van der Waals surface area contributed by atoms with Gasteiger partial charge in [-0.2, -0.15) is 9.36 Å². The van der Waals surface area contributed by atoms with E-state index in [4.69, 9.17) is 15.3 Å². The van der Waals surface area contributed by atoms with E-state index in [1.807, 2.05) is 0 Å². The average molecular weight is 658 g/mol. The number of nitrogens with two attached hydrogens (primary N) is 1. The van der Waals surface area contributed by atoms with E-state index in [-0.39, 0.29) is 35.5 Å². The lowest BCUT2D eigenvalue weighted by atomic mass is 10.0. The van der Waals surface area contributed by atoms with Crippen molar-refractivity contribution in [2.75, 3.05) is 30.4 Å². The van der Waals surface area contributed by atoms with Gasteiger partial charge in [-0.25, -0.2) is 9.59 Å². The molecule has 1 saturated heterocycles. The Balaban J connectivity index is 1.37. The molecule has 226 valence electrons. The molecule has 0 bridgehead atoms. The van der Waals surface area contributed by atoms with Crippen LogP contribution in [0, 0.1) is 0 Å². The number of fused-ring (bicyclic) bond motifs is 1. The molecule has 2 aliphatic rings. The van der Waals surface area contributed by atoms with E-state index in [1.54, 1.807) is 26.3 Å². The van der Waals surface area contributed by atoms with Crippen molar-refractivity contribution in [2.24, 2.45) is 5.16 Å². The number of ether oxygens (including phenoxy) is 1. The Bertz CT molecular complexity index is 1390. The summed E-state index contributed by atoms with van der Waals surface area (Å²) in [5.41, 5.74) is 6.79. The van der Waals surface area contributed by atoms with Crippen molar-refractivity contribution >= 4 is 81.1 Å². The Morgan fingerprint density at radius 3 is 2.76 bits per heavy atom. The molecule has 20 heteroatoms. The maximum Gasteiger partial charge on any atom is 0.407 e. The summed E-state index contributed by atoms with van der Waals surface area (Å²) in [6.07, 6.45) is -0.222. The Kier molecular flexibility index (Phi) is 10.2. The molecule has 1 fully saturated rings. The van der Waals surface area contributed by atoms with Gasteiger partial charge < -0.3 is 31.0 Å². The number of hydrogen-bond acceptors (Lipinski definition) is 16. The molecule has 2 aromatic heterocycles. The van der Waals surface area contributed by atoms with Gasteiger partial charge >= 0.3 is 12.1 Å². The summed E-state index contributed by atoms with van der Waals surface area (Å²) in [5.74, 6) is -2.02. The number of rotatable bonds is 12. The molecule has 0 saturated carbocycles. The number of aromatic nitrogens is 4. The SMILES string of the molecule is CC(C)(C)OC(=O)NCCCO/N=C(/C(=O)NC1C(=O)N2C(C(=O)O)=C(CSc3nncs3)CSC12)c1nsc(N)n1. The van der Waals surface area contributed by atoms with Gasteiger partial charge in [0.25, 0.3) is 11.8 Å². The molecule has 42 heavy (non-hydrogen) atoms. The predicted octanol–water partition coefficient (Wildman–Crippen LogP) is 1.14. The van der Waals surface area contributed by atoms with Gasteiger partial charge in [-0.3, -0.25) is 14.5 Å². The largest absolute Gasteiger partial charge is 0.477 e. The normalized spacial score (nSPS) is 18.7. The van der Waals surface area contributed by atoms with Crippen LogP contribution >= 0.6 is 46.4 Å². The molecule has 4 rings (SSSR count). The first-order valence-corrected chi connectivity index (χ1v) is 16.0.